The summed E-state index contributed by atoms with van der Waals surface area (Å²) in [5.74, 6) is -0.590. The molecule has 0 aliphatic rings. The van der Waals surface area contributed by atoms with Crippen LogP contribution in [0.2, 0.25) is 0 Å². The van der Waals surface area contributed by atoms with E-state index in [1.165, 1.54) is 0 Å². The molecule has 0 spiro atoms. The normalized spacial score (nSPS) is 11.9. The Morgan fingerprint density at radius 1 is 0.818 bits per heavy atom. The van der Waals surface area contributed by atoms with Crippen LogP contribution in [0.1, 0.15) is 68.6 Å². The smallest absolute Gasteiger partial charge is 0.341 e. The van der Waals surface area contributed by atoms with Crippen molar-refractivity contribution in [1.82, 2.24) is 5.32 Å². The number of ether oxygens (including phenoxy) is 1. The Balaban J connectivity index is 1.77. The zero-order valence-corrected chi connectivity index (χ0v) is 20.3. The molecule has 5 heteroatoms. The Hall–Kier alpha value is -3.34. The van der Waals surface area contributed by atoms with E-state index in [9.17, 15) is 9.59 Å². The van der Waals surface area contributed by atoms with Crippen LogP contribution in [-0.2, 0) is 22.2 Å². The van der Waals surface area contributed by atoms with Crippen LogP contribution in [0.25, 0.3) is 10.8 Å². The second-order valence-electron chi connectivity index (χ2n) is 10.5. The number of carbonyl (C=O) groups is 2. The van der Waals surface area contributed by atoms with E-state index in [4.69, 9.17) is 9.84 Å². The molecule has 0 radical (unpaired) electrons. The van der Waals surface area contributed by atoms with E-state index in [-0.39, 0.29) is 23.3 Å². The standard InChI is InChI=1S/C28H33NO4/c1-27(2,3)22-12-21(13-23(15-22)28(4,5)6)26(32)29-16-18-7-8-20-14-24(33-17-25(30)31)10-9-19(20)11-18/h7-15H,16-17H2,1-6H3,(H,29,32)(H,30,31). The van der Waals surface area contributed by atoms with Crippen LogP contribution in [0.3, 0.4) is 0 Å². The van der Waals surface area contributed by atoms with Crippen molar-refractivity contribution in [2.75, 3.05) is 6.61 Å². The van der Waals surface area contributed by atoms with Gasteiger partial charge in [0.2, 0.25) is 0 Å². The van der Waals surface area contributed by atoms with Gasteiger partial charge >= 0.3 is 5.97 Å². The van der Waals surface area contributed by atoms with Gasteiger partial charge in [-0.05, 0) is 68.6 Å². The fourth-order valence-corrected chi connectivity index (χ4v) is 3.53. The lowest BCUT2D eigenvalue weighted by Gasteiger charge is -2.26. The zero-order valence-electron chi connectivity index (χ0n) is 20.3. The number of rotatable bonds is 6. The van der Waals surface area contributed by atoms with Gasteiger partial charge in [-0.2, -0.15) is 0 Å². The van der Waals surface area contributed by atoms with Crippen molar-refractivity contribution in [2.24, 2.45) is 0 Å². The van der Waals surface area contributed by atoms with Crippen LogP contribution in [0.4, 0.5) is 0 Å². The van der Waals surface area contributed by atoms with Gasteiger partial charge in [0.1, 0.15) is 5.75 Å². The summed E-state index contributed by atoms with van der Waals surface area (Å²) in [7, 11) is 0. The maximum absolute atomic E-state index is 13.0. The third-order valence-electron chi connectivity index (χ3n) is 5.62. The quantitative estimate of drug-likeness (QED) is 0.499. The molecule has 33 heavy (non-hydrogen) atoms. The van der Waals surface area contributed by atoms with Gasteiger partial charge in [0.25, 0.3) is 5.91 Å². The molecular weight excluding hydrogens is 414 g/mol. The van der Waals surface area contributed by atoms with Crippen molar-refractivity contribution in [2.45, 2.75) is 58.9 Å². The number of aliphatic carboxylic acids is 1. The van der Waals surface area contributed by atoms with E-state index >= 15 is 0 Å². The molecule has 1 amide bonds. The number of hydrogen-bond donors (Lipinski definition) is 2. The molecule has 3 aromatic carbocycles. The molecular formula is C28H33NO4. The highest BCUT2D eigenvalue weighted by Gasteiger charge is 2.22. The van der Waals surface area contributed by atoms with Gasteiger partial charge in [-0.25, -0.2) is 4.79 Å². The molecule has 3 aromatic rings. The molecule has 0 bridgehead atoms. The summed E-state index contributed by atoms with van der Waals surface area (Å²) in [5, 5.41) is 13.8. The van der Waals surface area contributed by atoms with Gasteiger partial charge in [-0.3, -0.25) is 4.79 Å². The summed E-state index contributed by atoms with van der Waals surface area (Å²) in [6.45, 7) is 13.0. The van der Waals surface area contributed by atoms with Crippen LogP contribution in [0.15, 0.2) is 54.6 Å². The predicted octanol–water partition coefficient (Wildman–Crippen LogP) is 5.83. The van der Waals surface area contributed by atoms with Gasteiger partial charge in [-0.15, -0.1) is 0 Å². The number of carboxylic acids is 1. The minimum atomic E-state index is -1.01. The van der Waals surface area contributed by atoms with Gasteiger partial charge in [0.05, 0.1) is 0 Å². The van der Waals surface area contributed by atoms with Crippen LogP contribution in [-0.4, -0.2) is 23.6 Å². The Kier molecular flexibility index (Phi) is 6.82. The van der Waals surface area contributed by atoms with Gasteiger partial charge in [0, 0.05) is 12.1 Å². The average molecular weight is 448 g/mol. The van der Waals surface area contributed by atoms with E-state index in [1.807, 2.05) is 42.5 Å². The second-order valence-corrected chi connectivity index (χ2v) is 10.5. The first-order valence-electron chi connectivity index (χ1n) is 11.1. The average Bonchev–Trinajstić information content (AvgIpc) is 2.74. The molecule has 0 unspecified atom stereocenters. The summed E-state index contributed by atoms with van der Waals surface area (Å²) < 4.78 is 5.24. The summed E-state index contributed by atoms with van der Waals surface area (Å²) >= 11 is 0. The minimum Gasteiger partial charge on any atom is -0.482 e. The Morgan fingerprint density at radius 2 is 1.39 bits per heavy atom. The number of hydrogen-bond acceptors (Lipinski definition) is 3. The lowest BCUT2D eigenvalue weighted by atomic mass is 9.79. The maximum atomic E-state index is 13.0. The fourth-order valence-electron chi connectivity index (χ4n) is 3.53. The van der Waals surface area contributed by atoms with Crippen LogP contribution in [0, 0.1) is 0 Å². The highest BCUT2D eigenvalue weighted by atomic mass is 16.5. The summed E-state index contributed by atoms with van der Waals surface area (Å²) in [5.41, 5.74) is 3.84. The number of fused-ring (bicyclic) bond motifs is 1. The fraction of sp³-hybridized carbons (Fsp3) is 0.357. The number of carboxylic acid groups (broad SMARTS) is 1. The first kappa shape index (κ1) is 24.3. The first-order valence-corrected chi connectivity index (χ1v) is 11.1. The molecule has 5 nitrogen and oxygen atoms in total. The first-order chi connectivity index (χ1) is 15.3. The third kappa shape index (κ3) is 6.35. The molecule has 174 valence electrons. The van der Waals surface area contributed by atoms with Crippen LogP contribution < -0.4 is 10.1 Å². The van der Waals surface area contributed by atoms with E-state index in [1.54, 1.807) is 6.07 Å². The third-order valence-corrected chi connectivity index (χ3v) is 5.62. The van der Waals surface area contributed by atoms with E-state index in [0.717, 1.165) is 27.5 Å². The lowest BCUT2D eigenvalue weighted by Crippen LogP contribution is -2.25. The van der Waals surface area contributed by atoms with E-state index < -0.39 is 5.97 Å². The number of carbonyl (C=O) groups excluding carboxylic acids is 1. The largest absolute Gasteiger partial charge is 0.482 e. The van der Waals surface area contributed by atoms with E-state index in [2.05, 4.69) is 52.9 Å². The topological polar surface area (TPSA) is 75.6 Å². The zero-order chi connectivity index (χ0) is 24.4. The predicted molar refractivity (Wildman–Crippen MR) is 132 cm³/mol. The molecule has 0 heterocycles. The van der Waals surface area contributed by atoms with Gasteiger partial charge in [0.15, 0.2) is 6.61 Å². The second kappa shape index (κ2) is 9.26. The van der Waals surface area contributed by atoms with Crippen molar-refractivity contribution in [3.63, 3.8) is 0 Å². The minimum absolute atomic E-state index is 0.0539. The maximum Gasteiger partial charge on any atom is 0.341 e. The number of amides is 1. The Bertz CT molecular complexity index is 1150. The molecule has 3 rings (SSSR count). The molecule has 0 aromatic heterocycles. The SMILES string of the molecule is CC(C)(C)c1cc(C(=O)NCc2ccc3cc(OCC(=O)O)ccc3c2)cc(C(C)(C)C)c1. The Morgan fingerprint density at radius 3 is 1.97 bits per heavy atom. The van der Waals surface area contributed by atoms with Crippen molar-refractivity contribution >= 4 is 22.6 Å². The summed E-state index contributed by atoms with van der Waals surface area (Å²) in [4.78, 5) is 23.7. The van der Waals surface area contributed by atoms with Crippen molar-refractivity contribution < 1.29 is 19.4 Å². The summed E-state index contributed by atoms with van der Waals surface area (Å²) in [6, 6.07) is 17.6. The number of nitrogens with one attached hydrogen (secondary N) is 1. The van der Waals surface area contributed by atoms with Crippen molar-refractivity contribution in [3.8, 4) is 5.75 Å². The molecule has 2 N–H and O–H groups in total. The molecule has 0 saturated heterocycles. The van der Waals surface area contributed by atoms with Crippen molar-refractivity contribution in [1.29, 1.82) is 0 Å². The Labute approximate surface area is 195 Å². The van der Waals surface area contributed by atoms with E-state index in [0.29, 0.717) is 17.9 Å². The summed E-state index contributed by atoms with van der Waals surface area (Å²) in [6.07, 6.45) is 0. The molecule has 0 saturated carbocycles. The van der Waals surface area contributed by atoms with Gasteiger partial charge in [-0.1, -0.05) is 65.8 Å². The molecule has 0 aliphatic carbocycles. The monoisotopic (exact) mass is 447 g/mol. The highest BCUT2D eigenvalue weighted by molar-refractivity contribution is 5.94. The highest BCUT2D eigenvalue weighted by Crippen LogP contribution is 2.30. The van der Waals surface area contributed by atoms with Crippen molar-refractivity contribution in [3.05, 3.63) is 76.9 Å². The molecule has 0 aliphatic heterocycles. The molecule has 0 fully saturated rings. The molecule has 0 atom stereocenters. The number of benzene rings is 3. The van der Waals surface area contributed by atoms with Crippen LogP contribution >= 0.6 is 0 Å². The van der Waals surface area contributed by atoms with Gasteiger partial charge < -0.3 is 15.2 Å². The lowest BCUT2D eigenvalue weighted by molar-refractivity contribution is -0.139. The van der Waals surface area contributed by atoms with Crippen LogP contribution in [0.5, 0.6) is 5.75 Å².